The third-order valence-corrected chi connectivity index (χ3v) is 2.67. The van der Waals surface area contributed by atoms with Crippen molar-refractivity contribution in [2.24, 2.45) is 0 Å². The number of alkyl halides is 4. The van der Waals surface area contributed by atoms with Crippen molar-refractivity contribution in [3.05, 3.63) is 24.4 Å². The molecule has 0 aliphatic carbocycles. The highest BCUT2D eigenvalue weighted by atomic mass is 19.3. The van der Waals surface area contributed by atoms with Gasteiger partial charge in [-0.1, -0.05) is 11.2 Å². The molecular weight excluding hydrogens is 284 g/mol. The lowest BCUT2D eigenvalue weighted by Gasteiger charge is -2.31. The van der Waals surface area contributed by atoms with Crippen LogP contribution in [0, 0.1) is 0 Å². The predicted molar refractivity (Wildman–Crippen MR) is 57.5 cm³/mol. The molecule has 1 aromatic heterocycles. The molecule has 0 unspecified atom stereocenters. The second kappa shape index (κ2) is 3.78. The van der Waals surface area contributed by atoms with Gasteiger partial charge in [-0.25, -0.2) is 0 Å². The number of benzene rings is 1. The van der Waals surface area contributed by atoms with Crippen LogP contribution < -0.4 is 15.2 Å². The van der Waals surface area contributed by atoms with Crippen LogP contribution in [0.4, 0.5) is 23.4 Å². The molecule has 3 rings (SSSR count). The fraction of sp³-hybridized carbons (Fsp3) is 0.182. The molecule has 0 radical (unpaired) electrons. The van der Waals surface area contributed by atoms with Crippen molar-refractivity contribution in [3.63, 3.8) is 0 Å². The second-order valence-corrected chi connectivity index (χ2v) is 4.00. The Balaban J connectivity index is 2.06. The molecule has 0 saturated heterocycles. The Hall–Kier alpha value is -2.45. The summed E-state index contributed by atoms with van der Waals surface area (Å²) >= 11 is 0. The van der Waals surface area contributed by atoms with E-state index >= 15 is 0 Å². The van der Waals surface area contributed by atoms with Gasteiger partial charge in [0.2, 0.25) is 5.88 Å². The first-order valence-electron chi connectivity index (χ1n) is 5.28. The number of anilines is 1. The number of fused-ring (bicyclic) bond motifs is 1. The third kappa shape index (κ3) is 1.74. The number of nitrogens with zero attached hydrogens (tertiary/aromatic N) is 1. The first-order valence-corrected chi connectivity index (χ1v) is 5.28. The largest absolute Gasteiger partial charge is 0.507 e. The summed E-state index contributed by atoms with van der Waals surface area (Å²) in [5.74, 6) is -1.07. The zero-order valence-corrected chi connectivity index (χ0v) is 9.57. The minimum Gasteiger partial charge on any atom is -0.421 e. The molecule has 9 heteroatoms. The summed E-state index contributed by atoms with van der Waals surface area (Å²) in [4.78, 5) is 0. The smallest absolute Gasteiger partial charge is 0.421 e. The molecular formula is C11H6F4N2O3. The molecule has 2 N–H and O–H groups in total. The van der Waals surface area contributed by atoms with Crippen LogP contribution >= 0.6 is 0 Å². The lowest BCUT2D eigenvalue weighted by atomic mass is 10.1. The molecule has 0 amide bonds. The lowest BCUT2D eigenvalue weighted by molar-refractivity contribution is -0.391. The van der Waals surface area contributed by atoms with E-state index in [0.29, 0.717) is 11.1 Å². The molecule has 1 aliphatic heterocycles. The fourth-order valence-corrected chi connectivity index (χ4v) is 1.70. The highest BCUT2D eigenvalue weighted by Gasteiger charge is 2.65. The van der Waals surface area contributed by atoms with E-state index in [4.69, 9.17) is 5.73 Å². The summed E-state index contributed by atoms with van der Waals surface area (Å²) in [7, 11) is 0. The van der Waals surface area contributed by atoms with E-state index in [9.17, 15) is 17.6 Å². The van der Waals surface area contributed by atoms with Gasteiger partial charge >= 0.3 is 12.2 Å². The summed E-state index contributed by atoms with van der Waals surface area (Å²) in [6.45, 7) is 0. The predicted octanol–water partition coefficient (Wildman–Crippen LogP) is 2.88. The van der Waals surface area contributed by atoms with E-state index in [1.165, 1.54) is 12.3 Å². The maximum absolute atomic E-state index is 13.1. The molecule has 0 spiro atoms. The molecule has 0 fully saturated rings. The second-order valence-electron chi connectivity index (χ2n) is 4.00. The maximum Gasteiger partial charge on any atom is 0.507 e. The van der Waals surface area contributed by atoms with E-state index < -0.39 is 23.7 Å². The van der Waals surface area contributed by atoms with Gasteiger partial charge in [0.25, 0.3) is 0 Å². The van der Waals surface area contributed by atoms with Gasteiger partial charge in [-0.05, 0) is 17.7 Å². The number of nitrogen functional groups attached to an aromatic ring is 1. The maximum atomic E-state index is 13.1. The van der Waals surface area contributed by atoms with Gasteiger partial charge in [0, 0.05) is 0 Å². The van der Waals surface area contributed by atoms with E-state index in [1.54, 1.807) is 0 Å². The van der Waals surface area contributed by atoms with E-state index in [1.807, 2.05) is 0 Å². The molecule has 2 heterocycles. The number of aromatic nitrogens is 1. The first kappa shape index (κ1) is 12.6. The van der Waals surface area contributed by atoms with Crippen LogP contribution in [0.2, 0.25) is 0 Å². The average molecular weight is 290 g/mol. The van der Waals surface area contributed by atoms with Crippen molar-refractivity contribution in [1.82, 2.24) is 5.16 Å². The number of ether oxygens (including phenoxy) is 2. The van der Waals surface area contributed by atoms with Gasteiger partial charge in [0.15, 0.2) is 11.5 Å². The van der Waals surface area contributed by atoms with Gasteiger partial charge < -0.3 is 19.7 Å². The van der Waals surface area contributed by atoms with E-state index in [-0.39, 0.29) is 5.88 Å². The van der Waals surface area contributed by atoms with Crippen LogP contribution in [0.15, 0.2) is 28.9 Å². The van der Waals surface area contributed by atoms with Crippen molar-refractivity contribution in [3.8, 4) is 22.6 Å². The van der Waals surface area contributed by atoms with Crippen molar-refractivity contribution >= 4 is 5.88 Å². The standard InChI is InChI=1S/C11H6F4N2O3/c12-10(13)11(14,15)19-8-3-5(1-2-7(8)18-10)6-4-17-20-9(6)16/h1-4H,16H2. The van der Waals surface area contributed by atoms with Gasteiger partial charge in [0.05, 0.1) is 11.8 Å². The Kier molecular flexibility index (Phi) is 2.38. The van der Waals surface area contributed by atoms with Gasteiger partial charge in [0.1, 0.15) is 0 Å². The van der Waals surface area contributed by atoms with Crippen LogP contribution in [-0.4, -0.2) is 17.4 Å². The summed E-state index contributed by atoms with van der Waals surface area (Å²) in [5.41, 5.74) is 6.10. The Labute approximate surface area is 108 Å². The minimum absolute atomic E-state index is 0.0428. The number of nitrogens with two attached hydrogens (primary N) is 1. The van der Waals surface area contributed by atoms with Gasteiger partial charge in [-0.2, -0.15) is 17.6 Å². The molecule has 106 valence electrons. The van der Waals surface area contributed by atoms with Crippen LogP contribution in [-0.2, 0) is 0 Å². The zero-order chi connectivity index (χ0) is 14.5. The molecule has 1 aromatic carbocycles. The van der Waals surface area contributed by atoms with Crippen LogP contribution in [0.5, 0.6) is 11.5 Å². The number of halogens is 4. The summed E-state index contributed by atoms with van der Waals surface area (Å²) in [6, 6.07) is 3.49. The third-order valence-electron chi connectivity index (χ3n) is 2.67. The topological polar surface area (TPSA) is 70.5 Å². The monoisotopic (exact) mass is 290 g/mol. The Morgan fingerprint density at radius 2 is 1.65 bits per heavy atom. The van der Waals surface area contributed by atoms with Crippen molar-refractivity contribution in [2.75, 3.05) is 5.73 Å². The van der Waals surface area contributed by atoms with Crippen LogP contribution in [0.25, 0.3) is 11.1 Å². The molecule has 1 aliphatic rings. The highest BCUT2D eigenvalue weighted by Crippen LogP contribution is 2.48. The van der Waals surface area contributed by atoms with Crippen molar-refractivity contribution < 1.29 is 31.6 Å². The highest BCUT2D eigenvalue weighted by molar-refractivity contribution is 5.74. The summed E-state index contributed by atoms with van der Waals surface area (Å²) in [6.07, 6.45) is -8.25. The minimum atomic E-state index is -4.77. The molecule has 0 atom stereocenters. The normalized spacial score (nSPS) is 18.8. The van der Waals surface area contributed by atoms with Gasteiger partial charge in [-0.3, -0.25) is 0 Å². The Morgan fingerprint density at radius 1 is 1.00 bits per heavy atom. The number of rotatable bonds is 1. The lowest BCUT2D eigenvalue weighted by Crippen LogP contribution is -2.52. The molecule has 2 aromatic rings. The summed E-state index contributed by atoms with van der Waals surface area (Å²) in [5, 5.41) is 3.42. The summed E-state index contributed by atoms with van der Waals surface area (Å²) < 4.78 is 64.6. The molecule has 5 nitrogen and oxygen atoms in total. The fourth-order valence-electron chi connectivity index (χ4n) is 1.70. The average Bonchev–Trinajstić information content (AvgIpc) is 2.76. The molecule has 0 bridgehead atoms. The quantitative estimate of drug-likeness (QED) is 0.818. The van der Waals surface area contributed by atoms with E-state index in [2.05, 4.69) is 19.2 Å². The van der Waals surface area contributed by atoms with Crippen molar-refractivity contribution in [2.45, 2.75) is 12.2 Å². The SMILES string of the molecule is Nc1oncc1-c1ccc2c(c1)OC(F)(F)C(F)(F)O2. The Morgan fingerprint density at radius 3 is 2.25 bits per heavy atom. The first-order chi connectivity index (χ1) is 9.30. The van der Waals surface area contributed by atoms with E-state index in [0.717, 1.165) is 12.1 Å². The van der Waals surface area contributed by atoms with Crippen LogP contribution in [0.3, 0.4) is 0 Å². The molecule has 0 saturated carbocycles. The van der Waals surface area contributed by atoms with Crippen LogP contribution in [0.1, 0.15) is 0 Å². The number of hydrogen-bond acceptors (Lipinski definition) is 5. The zero-order valence-electron chi connectivity index (χ0n) is 9.57. The van der Waals surface area contributed by atoms with Crippen molar-refractivity contribution in [1.29, 1.82) is 0 Å². The Bertz CT molecular complexity index is 671. The van der Waals surface area contributed by atoms with Gasteiger partial charge in [-0.15, -0.1) is 0 Å². The molecule has 20 heavy (non-hydrogen) atoms. The number of hydrogen-bond donors (Lipinski definition) is 1.